The molecule has 15 heteroatoms. The lowest BCUT2D eigenvalue weighted by Gasteiger charge is -2.29. The maximum atomic E-state index is 15.2. The predicted octanol–water partition coefficient (Wildman–Crippen LogP) is 9.10. The van der Waals surface area contributed by atoms with Crippen LogP contribution < -0.4 is 14.2 Å². The van der Waals surface area contributed by atoms with Crippen molar-refractivity contribution >= 4 is 71.4 Å². The Kier molecular flexibility index (Phi) is 11.7. The van der Waals surface area contributed by atoms with Crippen LogP contribution in [0.2, 0.25) is 0 Å². The molecule has 4 aliphatic rings. The van der Waals surface area contributed by atoms with Gasteiger partial charge in [-0.3, -0.25) is 19.1 Å². The quantitative estimate of drug-likeness (QED) is 0.134. The van der Waals surface area contributed by atoms with Crippen LogP contribution in [0.25, 0.3) is 31.8 Å². The van der Waals surface area contributed by atoms with Crippen LogP contribution >= 0.6 is 22.7 Å². The van der Waals surface area contributed by atoms with Crippen molar-refractivity contribution in [1.29, 1.82) is 0 Å². The zero-order valence-electron chi connectivity index (χ0n) is 36.5. The molecule has 2 aliphatic heterocycles. The summed E-state index contributed by atoms with van der Waals surface area (Å²) in [5.41, 5.74) is 2.84. The molecule has 0 radical (unpaired) electrons. The lowest BCUT2D eigenvalue weighted by atomic mass is 9.90. The number of carbonyl (C=O) groups excluding carboxylic acids is 3. The molecule has 2 saturated carbocycles. The van der Waals surface area contributed by atoms with Gasteiger partial charge in [-0.15, -0.1) is 22.7 Å². The Morgan fingerprint density at radius 3 is 2.60 bits per heavy atom. The van der Waals surface area contributed by atoms with Crippen molar-refractivity contribution in [3.63, 3.8) is 0 Å². The monoisotopic (exact) mass is 909 g/mol. The van der Waals surface area contributed by atoms with Crippen LogP contribution in [0, 0.1) is 24.2 Å². The first kappa shape index (κ1) is 43.5. The Labute approximate surface area is 377 Å². The van der Waals surface area contributed by atoms with Gasteiger partial charge in [0.15, 0.2) is 5.78 Å². The van der Waals surface area contributed by atoms with E-state index in [9.17, 15) is 18.0 Å². The molecule has 63 heavy (non-hydrogen) atoms. The van der Waals surface area contributed by atoms with E-state index < -0.39 is 44.2 Å². The third-order valence-corrected chi connectivity index (χ3v) is 17.8. The van der Waals surface area contributed by atoms with Gasteiger partial charge >= 0.3 is 0 Å². The minimum absolute atomic E-state index is 0.133. The van der Waals surface area contributed by atoms with Crippen molar-refractivity contribution in [3.8, 4) is 22.2 Å². The van der Waals surface area contributed by atoms with Crippen molar-refractivity contribution in [2.75, 3.05) is 13.7 Å². The molecule has 1 saturated heterocycles. The maximum Gasteiger partial charge on any atom is 0.240 e. The molecular formula is C48H55N5O7S3. The van der Waals surface area contributed by atoms with Gasteiger partial charge in [-0.05, 0) is 88.5 Å². The third-order valence-electron chi connectivity index (χ3n) is 13.7. The highest BCUT2D eigenvalue weighted by Crippen LogP contribution is 2.58. The second kappa shape index (κ2) is 17.0. The number of Topliss-reactive ketones (excluding diaryl/α,β-unsaturated/α-hetero) is 1. The standard InChI is InChI=1S/C48H55N5O7S3/c1-28(2)36-27-61-44(51-36)35-23-40(33-17-18-39(59-5)29(3)43(33)50-35)60-32-22-37-38(54)25-48(46(56)52-63(57,58)47(4)19-20-47)24-31(48)14-10-8-6-7-9-13-30(45(55)53(37)26-32)21-42-49-34-15-11-12-16-41(34)62-42/h10-12,14-18,23,27-28,30-32,37H,6-9,13,19-22,24-26H2,1-5H3,(H,52,56)/b14-10-/t30-,31+,32-,37+,48-/m1/s1. The van der Waals surface area contributed by atoms with Gasteiger partial charge < -0.3 is 14.4 Å². The Hall–Kier alpha value is -4.73. The SMILES string of the molecule is COc1ccc2c(O[C@@H]3C[C@H]4C(=O)C[C@]5(C(=O)NS(=O)(=O)C6(C)CC6)C[C@@H]5/C=C\CCCCC[C@H](Cc5nc6ccccc6s5)C(=O)N4C3)cc(-c3nc(C(C)C)cs3)nc2c1C. The van der Waals surface area contributed by atoms with E-state index in [-0.39, 0.29) is 42.9 Å². The molecular weight excluding hydrogens is 855 g/mol. The number of pyridine rings is 1. The number of fused-ring (bicyclic) bond motifs is 4. The number of para-hydroxylation sites is 1. The van der Waals surface area contributed by atoms with Crippen LogP contribution in [-0.4, -0.2) is 76.4 Å². The number of ether oxygens (including phenoxy) is 2. The molecule has 2 aliphatic carbocycles. The Bertz CT molecular complexity index is 2710. The van der Waals surface area contributed by atoms with E-state index in [4.69, 9.17) is 24.4 Å². The van der Waals surface area contributed by atoms with Crippen LogP contribution in [0.4, 0.5) is 0 Å². The molecule has 5 heterocycles. The number of sulfonamides is 1. The fraction of sp³-hybridized carbons (Fsp3) is 0.500. The number of allylic oxidation sites excluding steroid dienone is 2. The minimum atomic E-state index is -3.94. The van der Waals surface area contributed by atoms with E-state index in [1.54, 1.807) is 30.3 Å². The molecule has 332 valence electrons. The number of aryl methyl sites for hydroxylation is 1. The smallest absolute Gasteiger partial charge is 0.240 e. The van der Waals surface area contributed by atoms with Gasteiger partial charge in [0, 0.05) is 47.6 Å². The molecule has 5 atom stereocenters. The summed E-state index contributed by atoms with van der Waals surface area (Å²) in [6, 6.07) is 12.8. The molecule has 12 nitrogen and oxygen atoms in total. The zero-order valence-corrected chi connectivity index (χ0v) is 39.0. The van der Waals surface area contributed by atoms with E-state index in [0.717, 1.165) is 62.6 Å². The highest BCUT2D eigenvalue weighted by atomic mass is 32.2. The largest absolute Gasteiger partial charge is 0.496 e. The predicted molar refractivity (Wildman–Crippen MR) is 247 cm³/mol. The molecule has 0 unspecified atom stereocenters. The number of hydrogen-bond donors (Lipinski definition) is 1. The summed E-state index contributed by atoms with van der Waals surface area (Å²) >= 11 is 3.11. The molecule has 5 aromatic rings. The summed E-state index contributed by atoms with van der Waals surface area (Å²) in [7, 11) is -2.31. The summed E-state index contributed by atoms with van der Waals surface area (Å²) in [6.45, 7) is 7.96. The third kappa shape index (κ3) is 8.52. The number of ketones is 1. The number of nitrogens with one attached hydrogen (secondary N) is 1. The molecule has 2 amide bonds. The van der Waals surface area contributed by atoms with Crippen molar-refractivity contribution < 1.29 is 32.3 Å². The van der Waals surface area contributed by atoms with Crippen LogP contribution in [0.15, 0.2) is 60.0 Å². The van der Waals surface area contributed by atoms with E-state index in [0.29, 0.717) is 54.8 Å². The number of aromatic nitrogens is 3. The van der Waals surface area contributed by atoms with Crippen LogP contribution in [0.5, 0.6) is 11.5 Å². The van der Waals surface area contributed by atoms with E-state index in [1.165, 1.54) is 11.3 Å². The van der Waals surface area contributed by atoms with Crippen molar-refractivity contribution in [3.05, 3.63) is 76.3 Å². The fourth-order valence-corrected chi connectivity index (χ4v) is 12.6. The summed E-state index contributed by atoms with van der Waals surface area (Å²) in [5, 5.41) is 4.44. The molecule has 9 rings (SSSR count). The van der Waals surface area contributed by atoms with E-state index in [2.05, 4.69) is 24.6 Å². The van der Waals surface area contributed by atoms with Gasteiger partial charge in [0.25, 0.3) is 0 Å². The zero-order chi connectivity index (χ0) is 44.3. The average Bonchev–Trinajstić information content (AvgIpc) is 3.90. The van der Waals surface area contributed by atoms with Crippen molar-refractivity contribution in [2.45, 2.75) is 121 Å². The van der Waals surface area contributed by atoms with Crippen LogP contribution in [0.1, 0.15) is 107 Å². The highest BCUT2D eigenvalue weighted by Gasteiger charge is 2.62. The Morgan fingerprint density at radius 1 is 1.05 bits per heavy atom. The number of methoxy groups -OCH3 is 1. The van der Waals surface area contributed by atoms with Gasteiger partial charge in [0.1, 0.15) is 28.3 Å². The van der Waals surface area contributed by atoms with Gasteiger partial charge in [-0.25, -0.2) is 23.4 Å². The first-order chi connectivity index (χ1) is 30.2. The van der Waals surface area contributed by atoms with E-state index >= 15 is 4.79 Å². The average molecular weight is 910 g/mol. The number of rotatable bonds is 10. The van der Waals surface area contributed by atoms with Crippen LogP contribution in [0.3, 0.4) is 0 Å². The molecule has 0 bridgehead atoms. The number of amides is 2. The van der Waals surface area contributed by atoms with E-state index in [1.807, 2.05) is 60.8 Å². The Morgan fingerprint density at radius 2 is 1.86 bits per heavy atom. The number of benzene rings is 2. The summed E-state index contributed by atoms with van der Waals surface area (Å²) in [5.74, 6) is -0.273. The number of carbonyl (C=O) groups is 3. The molecule has 0 spiro atoms. The number of thiazole rings is 2. The van der Waals surface area contributed by atoms with Crippen molar-refractivity contribution in [1.82, 2.24) is 24.6 Å². The Balaban J connectivity index is 1.07. The topological polar surface area (TPSA) is 158 Å². The second-order valence-corrected chi connectivity index (χ2v) is 22.7. The van der Waals surface area contributed by atoms with Gasteiger partial charge in [-0.1, -0.05) is 51.0 Å². The maximum absolute atomic E-state index is 15.2. The molecule has 2 aromatic carbocycles. The minimum Gasteiger partial charge on any atom is -0.496 e. The highest BCUT2D eigenvalue weighted by molar-refractivity contribution is 7.91. The lowest BCUT2D eigenvalue weighted by Crippen LogP contribution is -2.47. The molecule has 3 aromatic heterocycles. The lowest BCUT2D eigenvalue weighted by molar-refractivity contribution is -0.142. The van der Waals surface area contributed by atoms with Crippen LogP contribution in [-0.2, 0) is 30.8 Å². The van der Waals surface area contributed by atoms with Gasteiger partial charge in [0.05, 0.1) is 56.3 Å². The summed E-state index contributed by atoms with van der Waals surface area (Å²) < 4.78 is 41.8. The molecule has 3 fully saturated rings. The second-order valence-electron chi connectivity index (χ2n) is 18.5. The first-order valence-electron chi connectivity index (χ1n) is 22.2. The summed E-state index contributed by atoms with van der Waals surface area (Å²) in [4.78, 5) is 60.8. The number of hydrogen-bond acceptors (Lipinski definition) is 12. The van der Waals surface area contributed by atoms with Gasteiger partial charge in [0.2, 0.25) is 21.8 Å². The fourth-order valence-electron chi connectivity index (χ4n) is 9.29. The normalized spacial score (nSPS) is 25.6. The number of nitrogens with zero attached hydrogens (tertiary/aromatic N) is 4. The summed E-state index contributed by atoms with van der Waals surface area (Å²) in [6.07, 6.45) is 9.34. The van der Waals surface area contributed by atoms with Gasteiger partial charge in [-0.2, -0.15) is 0 Å². The first-order valence-corrected chi connectivity index (χ1v) is 25.4. The molecule has 1 N–H and O–H groups in total. The van der Waals surface area contributed by atoms with Crippen molar-refractivity contribution in [2.24, 2.45) is 17.3 Å².